The van der Waals surface area contributed by atoms with Crippen LogP contribution in [0.1, 0.15) is 24.9 Å². The number of benzene rings is 2. The molecule has 19 heavy (non-hydrogen) atoms. The fourth-order valence-corrected chi connectivity index (χ4v) is 3.62. The second kappa shape index (κ2) is 6.83. The van der Waals surface area contributed by atoms with Crippen LogP contribution in [0.25, 0.3) is 10.8 Å². The smallest absolute Gasteiger partial charge is 0.0434 e. The number of nitrogens with one attached hydrogen (secondary N) is 1. The van der Waals surface area contributed by atoms with Crippen LogP contribution in [-0.2, 0) is 10.8 Å². The molecule has 1 N–H and O–H groups in total. The van der Waals surface area contributed by atoms with Crippen LogP contribution in [-0.4, -0.2) is 22.8 Å². The monoisotopic (exact) mass is 275 g/mol. The van der Waals surface area contributed by atoms with Gasteiger partial charge in [0.1, 0.15) is 0 Å². The molecule has 0 aromatic heterocycles. The predicted octanol–water partition coefficient (Wildman–Crippen LogP) is 3.26. The van der Waals surface area contributed by atoms with E-state index >= 15 is 0 Å². The van der Waals surface area contributed by atoms with E-state index in [-0.39, 0.29) is 6.04 Å². The van der Waals surface area contributed by atoms with Gasteiger partial charge in [-0.25, -0.2) is 0 Å². The average Bonchev–Trinajstić information content (AvgIpc) is 2.44. The molecule has 0 aliphatic heterocycles. The highest BCUT2D eigenvalue weighted by atomic mass is 32.2. The van der Waals surface area contributed by atoms with Gasteiger partial charge >= 0.3 is 0 Å². The van der Waals surface area contributed by atoms with Crippen LogP contribution in [0.15, 0.2) is 42.5 Å². The molecule has 2 aromatic rings. The summed E-state index contributed by atoms with van der Waals surface area (Å²) in [5, 5.41) is 5.76. The zero-order valence-electron chi connectivity index (χ0n) is 11.6. The average molecular weight is 275 g/mol. The molecule has 2 aromatic carbocycles. The molecule has 0 bridgehead atoms. The summed E-state index contributed by atoms with van der Waals surface area (Å²) in [4.78, 5) is 0. The zero-order valence-corrected chi connectivity index (χ0v) is 12.4. The largest absolute Gasteiger partial charge is 0.312 e. The van der Waals surface area contributed by atoms with Gasteiger partial charge in [-0.3, -0.25) is 4.21 Å². The standard InChI is InChI=1S/C16H21NOS/c1-3-10-19(18)12-16(17-2)15-9-8-13-6-4-5-7-14(13)11-15/h4-9,11,16-17H,3,10,12H2,1-2H3. The van der Waals surface area contributed by atoms with E-state index in [0.717, 1.165) is 12.2 Å². The minimum Gasteiger partial charge on any atom is -0.312 e. The maximum absolute atomic E-state index is 11.9. The van der Waals surface area contributed by atoms with Crippen molar-refractivity contribution in [1.29, 1.82) is 0 Å². The summed E-state index contributed by atoms with van der Waals surface area (Å²) >= 11 is 0. The summed E-state index contributed by atoms with van der Waals surface area (Å²) < 4.78 is 11.9. The van der Waals surface area contributed by atoms with Crippen molar-refractivity contribution < 1.29 is 4.21 Å². The Morgan fingerprint density at radius 3 is 2.58 bits per heavy atom. The lowest BCUT2D eigenvalue weighted by atomic mass is 10.0. The molecule has 0 radical (unpaired) electrons. The topological polar surface area (TPSA) is 29.1 Å². The van der Waals surface area contributed by atoms with E-state index in [1.807, 2.05) is 13.1 Å². The van der Waals surface area contributed by atoms with Crippen molar-refractivity contribution in [3.8, 4) is 0 Å². The van der Waals surface area contributed by atoms with Gasteiger partial charge in [0.25, 0.3) is 0 Å². The van der Waals surface area contributed by atoms with Crippen LogP contribution in [0.2, 0.25) is 0 Å². The van der Waals surface area contributed by atoms with Crippen LogP contribution in [0.3, 0.4) is 0 Å². The Morgan fingerprint density at radius 1 is 1.16 bits per heavy atom. The molecule has 0 spiro atoms. The van der Waals surface area contributed by atoms with E-state index in [1.54, 1.807) is 0 Å². The van der Waals surface area contributed by atoms with E-state index in [4.69, 9.17) is 0 Å². The van der Waals surface area contributed by atoms with E-state index in [2.05, 4.69) is 48.6 Å². The van der Waals surface area contributed by atoms with Crippen molar-refractivity contribution >= 4 is 21.6 Å². The normalized spacial score (nSPS) is 14.4. The molecule has 2 atom stereocenters. The van der Waals surface area contributed by atoms with E-state index in [9.17, 15) is 4.21 Å². The molecule has 0 aliphatic rings. The van der Waals surface area contributed by atoms with Crippen molar-refractivity contribution in [3.63, 3.8) is 0 Å². The molecule has 0 saturated heterocycles. The summed E-state index contributed by atoms with van der Waals surface area (Å²) in [5.74, 6) is 1.47. The molecule has 0 amide bonds. The molecule has 2 rings (SSSR count). The Morgan fingerprint density at radius 2 is 1.89 bits per heavy atom. The quantitative estimate of drug-likeness (QED) is 0.876. The third-order valence-corrected chi connectivity index (χ3v) is 4.88. The first kappa shape index (κ1) is 14.2. The van der Waals surface area contributed by atoms with Gasteiger partial charge in [0.05, 0.1) is 0 Å². The summed E-state index contributed by atoms with van der Waals surface area (Å²) in [5.41, 5.74) is 1.21. The lowest BCUT2D eigenvalue weighted by Crippen LogP contribution is -2.23. The van der Waals surface area contributed by atoms with E-state index < -0.39 is 10.8 Å². The Labute approximate surface area is 117 Å². The lowest BCUT2D eigenvalue weighted by Gasteiger charge is -2.16. The molecule has 0 aliphatic carbocycles. The van der Waals surface area contributed by atoms with Crippen molar-refractivity contribution in [3.05, 3.63) is 48.0 Å². The Hall–Kier alpha value is -1.19. The second-order valence-electron chi connectivity index (χ2n) is 4.76. The molecule has 3 heteroatoms. The first-order valence-corrected chi connectivity index (χ1v) is 8.24. The summed E-state index contributed by atoms with van der Waals surface area (Å²) in [6, 6.07) is 15.0. The molecular weight excluding hydrogens is 254 g/mol. The summed E-state index contributed by atoms with van der Waals surface area (Å²) in [7, 11) is 1.19. The number of hydrogen-bond donors (Lipinski definition) is 1. The zero-order chi connectivity index (χ0) is 13.7. The Balaban J connectivity index is 2.22. The van der Waals surface area contributed by atoms with Crippen LogP contribution >= 0.6 is 0 Å². The fraction of sp³-hybridized carbons (Fsp3) is 0.375. The van der Waals surface area contributed by atoms with Gasteiger partial charge in [-0.15, -0.1) is 0 Å². The maximum Gasteiger partial charge on any atom is 0.0434 e. The van der Waals surface area contributed by atoms with Gasteiger partial charge in [-0.1, -0.05) is 43.3 Å². The molecule has 2 nitrogen and oxygen atoms in total. The lowest BCUT2D eigenvalue weighted by molar-refractivity contribution is 0.635. The Bertz CT molecular complexity index is 567. The second-order valence-corrected chi connectivity index (χ2v) is 6.38. The molecular formula is C16H21NOS. The number of hydrogen-bond acceptors (Lipinski definition) is 2. The first-order chi connectivity index (χ1) is 9.24. The van der Waals surface area contributed by atoms with Crippen LogP contribution < -0.4 is 5.32 Å². The fourth-order valence-electron chi connectivity index (χ4n) is 2.27. The highest BCUT2D eigenvalue weighted by molar-refractivity contribution is 7.85. The summed E-state index contributed by atoms with van der Waals surface area (Å²) in [6.45, 7) is 2.07. The van der Waals surface area contributed by atoms with Gasteiger partial charge < -0.3 is 5.32 Å². The van der Waals surface area contributed by atoms with Crippen molar-refractivity contribution in [2.75, 3.05) is 18.6 Å². The maximum atomic E-state index is 11.9. The SMILES string of the molecule is CCCS(=O)CC(NC)c1ccc2ccccc2c1. The van der Waals surface area contributed by atoms with Crippen LogP contribution in [0, 0.1) is 0 Å². The van der Waals surface area contributed by atoms with Crippen molar-refractivity contribution in [2.24, 2.45) is 0 Å². The van der Waals surface area contributed by atoms with Crippen molar-refractivity contribution in [2.45, 2.75) is 19.4 Å². The molecule has 102 valence electrons. The van der Waals surface area contributed by atoms with E-state index in [0.29, 0.717) is 5.75 Å². The van der Waals surface area contributed by atoms with Gasteiger partial charge in [0, 0.05) is 28.3 Å². The third kappa shape index (κ3) is 3.64. The van der Waals surface area contributed by atoms with Gasteiger partial charge in [0.2, 0.25) is 0 Å². The van der Waals surface area contributed by atoms with Crippen LogP contribution in [0.5, 0.6) is 0 Å². The Kier molecular flexibility index (Phi) is 5.11. The molecule has 0 fully saturated rings. The number of fused-ring (bicyclic) bond motifs is 1. The first-order valence-electron chi connectivity index (χ1n) is 6.75. The van der Waals surface area contributed by atoms with Crippen molar-refractivity contribution in [1.82, 2.24) is 5.32 Å². The third-order valence-electron chi connectivity index (χ3n) is 3.31. The minimum absolute atomic E-state index is 0.164. The molecule has 0 saturated carbocycles. The summed E-state index contributed by atoms with van der Waals surface area (Å²) in [6.07, 6.45) is 0.973. The van der Waals surface area contributed by atoms with Gasteiger partial charge in [-0.2, -0.15) is 0 Å². The van der Waals surface area contributed by atoms with Gasteiger partial charge in [0.15, 0.2) is 0 Å². The van der Waals surface area contributed by atoms with E-state index in [1.165, 1.54) is 16.3 Å². The number of rotatable bonds is 6. The highest BCUT2D eigenvalue weighted by Gasteiger charge is 2.13. The molecule has 0 heterocycles. The van der Waals surface area contributed by atoms with Gasteiger partial charge in [-0.05, 0) is 35.9 Å². The highest BCUT2D eigenvalue weighted by Crippen LogP contribution is 2.21. The van der Waals surface area contributed by atoms with Crippen LogP contribution in [0.4, 0.5) is 0 Å². The minimum atomic E-state index is -0.747. The molecule has 2 unspecified atom stereocenters. The predicted molar refractivity (Wildman–Crippen MR) is 83.9 cm³/mol.